The van der Waals surface area contributed by atoms with Gasteiger partial charge in [-0.25, -0.2) is 4.39 Å². The van der Waals surface area contributed by atoms with Crippen molar-refractivity contribution in [1.82, 2.24) is 0 Å². The third kappa shape index (κ3) is 2.52. The number of nitriles is 1. The van der Waals surface area contributed by atoms with Crippen molar-refractivity contribution in [3.05, 3.63) is 35.1 Å². The molecule has 2 nitrogen and oxygen atoms in total. The fourth-order valence-electron chi connectivity index (χ4n) is 3.10. The summed E-state index contributed by atoms with van der Waals surface area (Å²) >= 11 is 2.00. The number of Topliss-reactive ketones (excluding diaryl/α,β-unsaturated/α-hetero) is 1. The minimum absolute atomic E-state index is 0.00657. The van der Waals surface area contributed by atoms with Gasteiger partial charge in [0.25, 0.3) is 0 Å². The number of benzene rings is 1. The Bertz CT molecular complexity index is 554. The molecule has 2 unspecified atom stereocenters. The molecule has 0 saturated carbocycles. The largest absolute Gasteiger partial charge is 0.294 e. The standard InChI is InChI=1S/C15H14FNOS/c16-12-4-9(8-17)3-10(5-12)15(18)11-6-13-1-2-14(7-11)19-13/h3-5,11,13-14H,1-2,6-7H2. The van der Waals surface area contributed by atoms with Crippen LogP contribution < -0.4 is 0 Å². The number of fused-ring (bicyclic) bond motifs is 2. The van der Waals surface area contributed by atoms with Gasteiger partial charge in [0.05, 0.1) is 11.6 Å². The lowest BCUT2D eigenvalue weighted by Crippen LogP contribution is -2.25. The summed E-state index contributed by atoms with van der Waals surface area (Å²) in [4.78, 5) is 12.5. The molecule has 0 radical (unpaired) electrons. The minimum atomic E-state index is -0.504. The molecule has 1 aromatic carbocycles. The van der Waals surface area contributed by atoms with Crippen molar-refractivity contribution in [2.45, 2.75) is 36.2 Å². The fourth-order valence-corrected chi connectivity index (χ4v) is 4.88. The lowest BCUT2D eigenvalue weighted by molar-refractivity contribution is 0.0906. The zero-order valence-electron chi connectivity index (χ0n) is 10.4. The van der Waals surface area contributed by atoms with Gasteiger partial charge < -0.3 is 0 Å². The zero-order valence-corrected chi connectivity index (χ0v) is 11.3. The predicted octanol–water partition coefficient (Wildman–Crippen LogP) is 3.55. The average molecular weight is 275 g/mol. The van der Waals surface area contributed by atoms with Gasteiger partial charge >= 0.3 is 0 Å². The average Bonchev–Trinajstić information content (AvgIpc) is 2.75. The van der Waals surface area contributed by atoms with E-state index in [1.54, 1.807) is 0 Å². The van der Waals surface area contributed by atoms with E-state index in [0.717, 1.165) is 18.9 Å². The van der Waals surface area contributed by atoms with E-state index >= 15 is 0 Å². The number of carbonyl (C=O) groups excluding carboxylic acids is 1. The Kier molecular flexibility index (Phi) is 3.32. The van der Waals surface area contributed by atoms with Crippen LogP contribution >= 0.6 is 11.8 Å². The van der Waals surface area contributed by atoms with E-state index in [4.69, 9.17) is 5.26 Å². The Hall–Kier alpha value is -1.34. The molecule has 0 spiro atoms. The Labute approximate surface area is 116 Å². The molecule has 2 aliphatic rings. The molecule has 98 valence electrons. The quantitative estimate of drug-likeness (QED) is 0.775. The summed E-state index contributed by atoms with van der Waals surface area (Å²) in [7, 11) is 0. The van der Waals surface area contributed by atoms with Gasteiger partial charge in [0.1, 0.15) is 5.82 Å². The molecule has 4 heteroatoms. The van der Waals surface area contributed by atoms with Gasteiger partial charge in [-0.05, 0) is 43.9 Å². The van der Waals surface area contributed by atoms with Crippen LogP contribution in [-0.4, -0.2) is 16.3 Å². The van der Waals surface area contributed by atoms with E-state index in [1.165, 1.54) is 25.0 Å². The van der Waals surface area contributed by atoms with Crippen LogP contribution in [0.2, 0.25) is 0 Å². The lowest BCUT2D eigenvalue weighted by Gasteiger charge is -2.26. The Morgan fingerprint density at radius 1 is 1.26 bits per heavy atom. The second-order valence-corrected chi connectivity index (χ2v) is 6.94. The Balaban J connectivity index is 1.84. The first-order chi connectivity index (χ1) is 9.15. The highest BCUT2D eigenvalue weighted by molar-refractivity contribution is 8.00. The van der Waals surface area contributed by atoms with E-state index in [2.05, 4.69) is 0 Å². The van der Waals surface area contributed by atoms with Gasteiger partial charge in [0.15, 0.2) is 5.78 Å². The summed E-state index contributed by atoms with van der Waals surface area (Å²) < 4.78 is 13.4. The van der Waals surface area contributed by atoms with Crippen LogP contribution in [0.15, 0.2) is 18.2 Å². The maximum Gasteiger partial charge on any atom is 0.166 e. The van der Waals surface area contributed by atoms with Crippen LogP contribution in [0.25, 0.3) is 0 Å². The molecule has 2 atom stereocenters. The van der Waals surface area contributed by atoms with Crippen LogP contribution in [0.1, 0.15) is 41.6 Å². The smallest absolute Gasteiger partial charge is 0.166 e. The fraction of sp³-hybridized carbons (Fsp3) is 0.467. The molecule has 2 heterocycles. The maximum atomic E-state index is 13.4. The van der Waals surface area contributed by atoms with Crippen molar-refractivity contribution in [2.75, 3.05) is 0 Å². The SMILES string of the molecule is N#Cc1cc(F)cc(C(=O)C2CC3CCC(C2)S3)c1. The number of nitrogens with zero attached hydrogens (tertiary/aromatic N) is 1. The van der Waals surface area contributed by atoms with Crippen LogP contribution in [0.5, 0.6) is 0 Å². The molecular formula is C15H14FNOS. The first-order valence-corrected chi connectivity index (χ1v) is 7.50. The molecule has 0 aliphatic carbocycles. The molecule has 1 aromatic rings. The highest BCUT2D eigenvalue weighted by atomic mass is 32.2. The van der Waals surface area contributed by atoms with Gasteiger partial charge in [-0.3, -0.25) is 4.79 Å². The zero-order chi connectivity index (χ0) is 13.4. The third-order valence-electron chi connectivity index (χ3n) is 3.97. The van der Waals surface area contributed by atoms with E-state index in [1.807, 2.05) is 17.8 Å². The van der Waals surface area contributed by atoms with E-state index in [0.29, 0.717) is 16.1 Å². The molecule has 2 bridgehead atoms. The van der Waals surface area contributed by atoms with Crippen LogP contribution in [0.4, 0.5) is 4.39 Å². The van der Waals surface area contributed by atoms with Gasteiger partial charge in [-0.2, -0.15) is 17.0 Å². The highest BCUT2D eigenvalue weighted by Crippen LogP contribution is 2.46. The second kappa shape index (κ2) is 4.97. The first-order valence-electron chi connectivity index (χ1n) is 6.56. The van der Waals surface area contributed by atoms with Gasteiger partial charge in [0, 0.05) is 22.0 Å². The molecule has 19 heavy (non-hydrogen) atoms. The van der Waals surface area contributed by atoms with Crippen molar-refractivity contribution in [1.29, 1.82) is 5.26 Å². The van der Waals surface area contributed by atoms with Crippen molar-refractivity contribution in [3.63, 3.8) is 0 Å². The van der Waals surface area contributed by atoms with Crippen LogP contribution in [0, 0.1) is 23.1 Å². The Morgan fingerprint density at radius 2 is 1.95 bits per heavy atom. The monoisotopic (exact) mass is 275 g/mol. The Morgan fingerprint density at radius 3 is 2.58 bits per heavy atom. The molecule has 2 fully saturated rings. The molecular weight excluding hydrogens is 261 g/mol. The number of ketones is 1. The summed E-state index contributed by atoms with van der Waals surface area (Å²) in [5, 5.41) is 10.0. The van der Waals surface area contributed by atoms with E-state index < -0.39 is 5.82 Å². The summed E-state index contributed by atoms with van der Waals surface area (Å²) in [5.74, 6) is -0.490. The lowest BCUT2D eigenvalue weighted by atomic mass is 9.90. The summed E-state index contributed by atoms with van der Waals surface area (Å²) in [5.41, 5.74) is 0.573. The topological polar surface area (TPSA) is 40.9 Å². The third-order valence-corrected chi connectivity index (χ3v) is 5.60. The normalized spacial score (nSPS) is 28.9. The number of rotatable bonds is 2. The van der Waals surface area contributed by atoms with Gasteiger partial charge in [-0.15, -0.1) is 0 Å². The number of hydrogen-bond acceptors (Lipinski definition) is 3. The second-order valence-electron chi connectivity index (χ2n) is 5.33. The maximum absolute atomic E-state index is 13.4. The van der Waals surface area contributed by atoms with Crippen LogP contribution in [0.3, 0.4) is 0 Å². The number of halogens is 1. The predicted molar refractivity (Wildman–Crippen MR) is 72.6 cm³/mol. The minimum Gasteiger partial charge on any atom is -0.294 e. The van der Waals surface area contributed by atoms with E-state index in [-0.39, 0.29) is 17.3 Å². The summed E-state index contributed by atoms with van der Waals surface area (Å²) in [6, 6.07) is 5.83. The first kappa shape index (κ1) is 12.7. The number of carbonyl (C=O) groups is 1. The molecule has 0 aromatic heterocycles. The number of thioether (sulfide) groups is 1. The molecule has 2 saturated heterocycles. The molecule has 0 N–H and O–H groups in total. The van der Waals surface area contributed by atoms with Crippen LogP contribution in [-0.2, 0) is 0 Å². The van der Waals surface area contributed by atoms with Crippen molar-refractivity contribution in [2.24, 2.45) is 5.92 Å². The van der Waals surface area contributed by atoms with Gasteiger partial charge in [-0.1, -0.05) is 0 Å². The summed E-state index contributed by atoms with van der Waals surface area (Å²) in [6.45, 7) is 0. The number of hydrogen-bond donors (Lipinski definition) is 0. The molecule has 3 rings (SSSR count). The van der Waals surface area contributed by atoms with Crippen molar-refractivity contribution >= 4 is 17.5 Å². The van der Waals surface area contributed by atoms with Crippen molar-refractivity contribution < 1.29 is 9.18 Å². The molecule has 0 amide bonds. The molecule has 2 aliphatic heterocycles. The summed E-state index contributed by atoms with van der Waals surface area (Å²) in [6.07, 6.45) is 4.20. The van der Waals surface area contributed by atoms with E-state index in [9.17, 15) is 9.18 Å². The highest BCUT2D eigenvalue weighted by Gasteiger charge is 2.37. The van der Waals surface area contributed by atoms with Crippen molar-refractivity contribution in [3.8, 4) is 6.07 Å². The van der Waals surface area contributed by atoms with Gasteiger partial charge in [0.2, 0.25) is 0 Å².